The lowest BCUT2D eigenvalue weighted by molar-refractivity contribution is 0.304. The van der Waals surface area contributed by atoms with Gasteiger partial charge in [-0.25, -0.2) is 8.42 Å². The molecule has 0 fully saturated rings. The molecule has 0 aliphatic carbocycles. The molecule has 7 heteroatoms. The van der Waals surface area contributed by atoms with Crippen molar-refractivity contribution in [2.75, 3.05) is 31.1 Å². The molecule has 6 nitrogen and oxygen atoms in total. The molecule has 0 aromatic carbocycles. The summed E-state index contributed by atoms with van der Waals surface area (Å²) >= 11 is 0. The third-order valence-corrected chi connectivity index (χ3v) is 3.80. The molecule has 3 N–H and O–H groups in total. The monoisotopic (exact) mass is 237 g/mol. The van der Waals surface area contributed by atoms with Crippen LogP contribution in [0.15, 0.2) is 5.16 Å². The average molecular weight is 237 g/mol. The van der Waals surface area contributed by atoms with Gasteiger partial charge in [-0.3, -0.25) is 4.90 Å². The highest BCUT2D eigenvalue weighted by atomic mass is 32.2. The molecule has 0 aliphatic rings. The number of sulfone groups is 1. The standard InChI is InChI=1S/C8H19N3O3S/c1-3-11(7-8(9)10-12)5-6-15(13,14)4-2/h12H,3-7H2,1-2H3,(H2,9,10). The normalized spacial score (nSPS) is 13.4. The smallest absolute Gasteiger partial charge is 0.153 e. The van der Waals surface area contributed by atoms with Gasteiger partial charge in [-0.1, -0.05) is 19.0 Å². The maximum absolute atomic E-state index is 11.2. The Bertz CT molecular complexity index is 300. The highest BCUT2D eigenvalue weighted by Gasteiger charge is 2.11. The zero-order chi connectivity index (χ0) is 11.9. The van der Waals surface area contributed by atoms with Crippen LogP contribution in [0.1, 0.15) is 13.8 Å². The summed E-state index contributed by atoms with van der Waals surface area (Å²) in [7, 11) is -2.95. The van der Waals surface area contributed by atoms with E-state index in [0.29, 0.717) is 13.1 Å². The fourth-order valence-corrected chi connectivity index (χ4v) is 1.85. The van der Waals surface area contributed by atoms with E-state index < -0.39 is 9.84 Å². The van der Waals surface area contributed by atoms with E-state index in [1.807, 2.05) is 11.8 Å². The van der Waals surface area contributed by atoms with Crippen LogP contribution in [0, 0.1) is 0 Å². The van der Waals surface area contributed by atoms with Crippen LogP contribution in [0.25, 0.3) is 0 Å². The summed E-state index contributed by atoms with van der Waals surface area (Å²) in [4.78, 5) is 1.81. The number of oxime groups is 1. The summed E-state index contributed by atoms with van der Waals surface area (Å²) in [5.74, 6) is 0.343. The second kappa shape index (κ2) is 6.62. The Kier molecular flexibility index (Phi) is 6.26. The molecule has 0 aromatic rings. The van der Waals surface area contributed by atoms with Gasteiger partial charge in [-0.15, -0.1) is 0 Å². The Labute approximate surface area is 90.7 Å². The van der Waals surface area contributed by atoms with Crippen LogP contribution < -0.4 is 5.73 Å². The van der Waals surface area contributed by atoms with E-state index in [1.165, 1.54) is 0 Å². The Hall–Kier alpha value is -0.820. The second-order valence-electron chi connectivity index (χ2n) is 3.20. The third kappa shape index (κ3) is 6.29. The molecule has 0 amide bonds. The molecule has 0 radical (unpaired) electrons. The van der Waals surface area contributed by atoms with Gasteiger partial charge in [0.15, 0.2) is 15.7 Å². The molecule has 0 unspecified atom stereocenters. The summed E-state index contributed by atoms with van der Waals surface area (Å²) in [5, 5.41) is 11.2. The number of nitrogens with zero attached hydrogens (tertiary/aromatic N) is 2. The number of likely N-dealkylation sites (N-methyl/N-ethyl adjacent to an activating group) is 1. The van der Waals surface area contributed by atoms with Crippen molar-refractivity contribution in [2.24, 2.45) is 10.9 Å². The maximum atomic E-state index is 11.2. The minimum Gasteiger partial charge on any atom is -0.409 e. The average Bonchev–Trinajstić information content (AvgIpc) is 2.23. The lowest BCUT2D eigenvalue weighted by Gasteiger charge is -2.18. The van der Waals surface area contributed by atoms with Gasteiger partial charge in [0.2, 0.25) is 0 Å². The molecule has 0 rings (SSSR count). The van der Waals surface area contributed by atoms with Gasteiger partial charge in [0.1, 0.15) is 0 Å². The zero-order valence-electron chi connectivity index (χ0n) is 9.18. The number of hydrogen-bond acceptors (Lipinski definition) is 5. The van der Waals surface area contributed by atoms with Crippen LogP contribution in [0.3, 0.4) is 0 Å². The van der Waals surface area contributed by atoms with E-state index >= 15 is 0 Å². The van der Waals surface area contributed by atoms with Crippen molar-refractivity contribution in [3.05, 3.63) is 0 Å². The highest BCUT2D eigenvalue weighted by Crippen LogP contribution is 1.94. The molecular formula is C8H19N3O3S. The predicted molar refractivity (Wildman–Crippen MR) is 59.9 cm³/mol. The SMILES string of the molecule is CCN(CCS(=O)(=O)CC)CC(N)=NO. The molecule has 15 heavy (non-hydrogen) atoms. The molecule has 0 aromatic heterocycles. The first-order chi connectivity index (χ1) is 6.95. The second-order valence-corrected chi connectivity index (χ2v) is 5.67. The summed E-state index contributed by atoms with van der Waals surface area (Å²) in [6.45, 7) is 4.86. The van der Waals surface area contributed by atoms with Gasteiger partial charge >= 0.3 is 0 Å². The van der Waals surface area contributed by atoms with Crippen LogP contribution in [0.2, 0.25) is 0 Å². The maximum Gasteiger partial charge on any atom is 0.153 e. The summed E-state index contributed by atoms with van der Waals surface area (Å²) < 4.78 is 22.5. The summed E-state index contributed by atoms with van der Waals surface area (Å²) in [5.41, 5.74) is 5.33. The minimum absolute atomic E-state index is 0.0887. The fourth-order valence-electron chi connectivity index (χ4n) is 1.02. The largest absolute Gasteiger partial charge is 0.409 e. The molecule has 0 atom stereocenters. The summed E-state index contributed by atoms with van der Waals surface area (Å²) in [6.07, 6.45) is 0. The quantitative estimate of drug-likeness (QED) is 0.269. The Balaban J connectivity index is 4.13. The van der Waals surface area contributed by atoms with Crippen molar-refractivity contribution in [3.8, 4) is 0 Å². The van der Waals surface area contributed by atoms with Crippen molar-refractivity contribution in [2.45, 2.75) is 13.8 Å². The van der Waals surface area contributed by atoms with Crippen LogP contribution in [0.5, 0.6) is 0 Å². The molecule has 0 bridgehead atoms. The van der Waals surface area contributed by atoms with Crippen molar-refractivity contribution < 1.29 is 13.6 Å². The van der Waals surface area contributed by atoms with Gasteiger partial charge in [-0.2, -0.15) is 0 Å². The van der Waals surface area contributed by atoms with Gasteiger partial charge < -0.3 is 10.9 Å². The topological polar surface area (TPSA) is 96.0 Å². The van der Waals surface area contributed by atoms with Crippen LogP contribution in [-0.4, -0.2) is 55.5 Å². The first kappa shape index (κ1) is 14.2. The lowest BCUT2D eigenvalue weighted by atomic mass is 10.4. The fraction of sp³-hybridized carbons (Fsp3) is 0.875. The zero-order valence-corrected chi connectivity index (χ0v) is 10.00. The van der Waals surface area contributed by atoms with Crippen molar-refractivity contribution in [3.63, 3.8) is 0 Å². The molecule has 0 saturated heterocycles. The van der Waals surface area contributed by atoms with Crippen LogP contribution in [-0.2, 0) is 9.84 Å². The molecule has 0 heterocycles. The Morgan fingerprint density at radius 2 is 2.07 bits per heavy atom. The summed E-state index contributed by atoms with van der Waals surface area (Å²) in [6, 6.07) is 0. The Morgan fingerprint density at radius 3 is 2.47 bits per heavy atom. The van der Waals surface area contributed by atoms with E-state index in [4.69, 9.17) is 10.9 Å². The molecule has 90 valence electrons. The number of amidine groups is 1. The first-order valence-corrected chi connectivity index (χ1v) is 6.66. The van der Waals surface area contributed by atoms with Crippen molar-refractivity contribution in [1.29, 1.82) is 0 Å². The molecule has 0 aliphatic heterocycles. The lowest BCUT2D eigenvalue weighted by Crippen LogP contribution is -2.37. The molecule has 0 spiro atoms. The van der Waals surface area contributed by atoms with Crippen LogP contribution in [0.4, 0.5) is 0 Å². The van der Waals surface area contributed by atoms with E-state index in [1.54, 1.807) is 6.92 Å². The minimum atomic E-state index is -2.95. The van der Waals surface area contributed by atoms with Crippen molar-refractivity contribution in [1.82, 2.24) is 4.90 Å². The predicted octanol–water partition coefficient (Wildman–Crippen LogP) is -0.511. The van der Waals surface area contributed by atoms with Gasteiger partial charge in [-0.05, 0) is 6.54 Å². The Morgan fingerprint density at radius 1 is 1.47 bits per heavy atom. The van der Waals surface area contributed by atoms with Crippen molar-refractivity contribution >= 4 is 15.7 Å². The number of rotatable bonds is 7. The highest BCUT2D eigenvalue weighted by molar-refractivity contribution is 7.91. The van der Waals surface area contributed by atoms with E-state index in [0.717, 1.165) is 0 Å². The van der Waals surface area contributed by atoms with Gasteiger partial charge in [0, 0.05) is 12.3 Å². The first-order valence-electron chi connectivity index (χ1n) is 4.84. The van der Waals surface area contributed by atoms with E-state index in [-0.39, 0.29) is 23.9 Å². The number of nitrogens with two attached hydrogens (primary N) is 1. The van der Waals surface area contributed by atoms with Crippen LogP contribution >= 0.6 is 0 Å². The third-order valence-electron chi connectivity index (χ3n) is 2.12. The van der Waals surface area contributed by atoms with Gasteiger partial charge in [0.25, 0.3) is 0 Å². The van der Waals surface area contributed by atoms with E-state index in [9.17, 15) is 8.42 Å². The van der Waals surface area contributed by atoms with Gasteiger partial charge in [0.05, 0.1) is 12.3 Å². The molecule has 0 saturated carbocycles. The molecular weight excluding hydrogens is 218 g/mol. The number of hydrogen-bond donors (Lipinski definition) is 2. The van der Waals surface area contributed by atoms with E-state index in [2.05, 4.69) is 5.16 Å².